The standard InChI is InChI=1S/C10H8BrNOS/c11-4-6-1-2-9-7(8(6)5-13)3-10(12)14-9/h1-3,5H,4,12H2. The van der Waals surface area contributed by atoms with Crippen LogP contribution in [0.1, 0.15) is 15.9 Å². The second-order valence-corrected chi connectivity index (χ2v) is 4.63. The summed E-state index contributed by atoms with van der Waals surface area (Å²) in [6.07, 6.45) is 0.894. The van der Waals surface area contributed by atoms with E-state index in [4.69, 9.17) is 5.73 Å². The Hall–Kier alpha value is -0.870. The molecular weight excluding hydrogens is 262 g/mol. The molecule has 2 N–H and O–H groups in total. The largest absolute Gasteiger partial charge is 0.391 e. The summed E-state index contributed by atoms with van der Waals surface area (Å²) < 4.78 is 1.06. The van der Waals surface area contributed by atoms with Gasteiger partial charge < -0.3 is 5.73 Å². The number of benzene rings is 1. The van der Waals surface area contributed by atoms with E-state index in [1.165, 1.54) is 11.3 Å². The van der Waals surface area contributed by atoms with Crippen LogP contribution in [0.2, 0.25) is 0 Å². The molecule has 2 nitrogen and oxygen atoms in total. The lowest BCUT2D eigenvalue weighted by Crippen LogP contribution is -1.89. The van der Waals surface area contributed by atoms with Crippen LogP contribution in [-0.2, 0) is 5.33 Å². The van der Waals surface area contributed by atoms with E-state index in [0.29, 0.717) is 5.33 Å². The van der Waals surface area contributed by atoms with Crippen molar-refractivity contribution < 1.29 is 4.79 Å². The number of nitrogens with two attached hydrogens (primary N) is 1. The molecule has 14 heavy (non-hydrogen) atoms. The highest BCUT2D eigenvalue weighted by atomic mass is 79.9. The van der Waals surface area contributed by atoms with E-state index in [9.17, 15) is 4.79 Å². The van der Waals surface area contributed by atoms with Crippen LogP contribution in [-0.4, -0.2) is 6.29 Å². The number of aldehydes is 1. The first-order valence-electron chi connectivity index (χ1n) is 4.08. The number of nitrogen functional groups attached to an aromatic ring is 1. The molecule has 0 radical (unpaired) electrons. The van der Waals surface area contributed by atoms with Crippen molar-refractivity contribution in [1.82, 2.24) is 0 Å². The van der Waals surface area contributed by atoms with Crippen LogP contribution in [0.3, 0.4) is 0 Å². The summed E-state index contributed by atoms with van der Waals surface area (Å²) in [5.74, 6) is 0. The van der Waals surface area contributed by atoms with Crippen molar-refractivity contribution in [3.8, 4) is 0 Å². The van der Waals surface area contributed by atoms with Crippen LogP contribution < -0.4 is 5.73 Å². The summed E-state index contributed by atoms with van der Waals surface area (Å²) in [6, 6.07) is 5.81. The van der Waals surface area contributed by atoms with Gasteiger partial charge in [0.2, 0.25) is 0 Å². The van der Waals surface area contributed by atoms with Gasteiger partial charge in [-0.1, -0.05) is 22.0 Å². The van der Waals surface area contributed by atoms with Gasteiger partial charge in [0.05, 0.1) is 5.00 Å². The molecule has 0 unspecified atom stereocenters. The minimum Gasteiger partial charge on any atom is -0.391 e. The predicted molar refractivity (Wildman–Crippen MR) is 64.3 cm³/mol. The minimum absolute atomic E-state index is 0.687. The van der Waals surface area contributed by atoms with Crippen LogP contribution in [0.15, 0.2) is 18.2 Å². The topological polar surface area (TPSA) is 43.1 Å². The Labute approximate surface area is 93.9 Å². The van der Waals surface area contributed by atoms with Gasteiger partial charge in [0.15, 0.2) is 6.29 Å². The molecule has 1 heterocycles. The van der Waals surface area contributed by atoms with Crippen LogP contribution >= 0.6 is 27.3 Å². The molecule has 1 aromatic heterocycles. The maximum Gasteiger partial charge on any atom is 0.151 e. The number of anilines is 1. The minimum atomic E-state index is 0.687. The summed E-state index contributed by atoms with van der Waals surface area (Å²) in [5.41, 5.74) is 7.44. The van der Waals surface area contributed by atoms with Crippen molar-refractivity contribution in [2.45, 2.75) is 5.33 Å². The second-order valence-electron chi connectivity index (χ2n) is 2.95. The number of hydrogen-bond acceptors (Lipinski definition) is 3. The van der Waals surface area contributed by atoms with E-state index >= 15 is 0 Å². The average molecular weight is 270 g/mol. The Balaban J connectivity index is 2.82. The molecule has 1 aromatic carbocycles. The maximum atomic E-state index is 11.0. The van der Waals surface area contributed by atoms with Crippen molar-refractivity contribution in [3.05, 3.63) is 29.3 Å². The fourth-order valence-electron chi connectivity index (χ4n) is 1.45. The molecule has 0 saturated carbocycles. The van der Waals surface area contributed by atoms with Crippen molar-refractivity contribution in [2.75, 3.05) is 5.73 Å². The highest BCUT2D eigenvalue weighted by Crippen LogP contribution is 2.31. The lowest BCUT2D eigenvalue weighted by atomic mass is 10.1. The molecule has 2 rings (SSSR count). The van der Waals surface area contributed by atoms with Gasteiger partial charge in [-0.3, -0.25) is 4.79 Å². The Bertz CT molecular complexity index is 492. The highest BCUT2D eigenvalue weighted by molar-refractivity contribution is 9.08. The van der Waals surface area contributed by atoms with E-state index in [2.05, 4.69) is 15.9 Å². The summed E-state index contributed by atoms with van der Waals surface area (Å²) in [5, 5.41) is 2.39. The van der Waals surface area contributed by atoms with Crippen molar-refractivity contribution in [2.24, 2.45) is 0 Å². The van der Waals surface area contributed by atoms with Crippen LogP contribution in [0.25, 0.3) is 10.1 Å². The van der Waals surface area contributed by atoms with Gasteiger partial charge in [-0.05, 0) is 17.7 Å². The SMILES string of the molecule is Nc1cc2c(C=O)c(CBr)ccc2s1. The Morgan fingerprint density at radius 2 is 2.29 bits per heavy atom. The smallest absolute Gasteiger partial charge is 0.151 e. The molecule has 0 bridgehead atoms. The maximum absolute atomic E-state index is 11.0. The first-order valence-corrected chi connectivity index (χ1v) is 6.02. The Morgan fingerprint density at radius 1 is 1.50 bits per heavy atom. The molecule has 4 heteroatoms. The van der Waals surface area contributed by atoms with Gasteiger partial charge in [-0.2, -0.15) is 0 Å². The molecule has 0 amide bonds. The summed E-state index contributed by atoms with van der Waals surface area (Å²) in [7, 11) is 0. The normalized spacial score (nSPS) is 10.6. The third kappa shape index (κ3) is 1.44. The third-order valence-corrected chi connectivity index (χ3v) is 3.65. The lowest BCUT2D eigenvalue weighted by Gasteiger charge is -2.00. The predicted octanol–water partition coefficient (Wildman–Crippen LogP) is 3.19. The lowest BCUT2D eigenvalue weighted by molar-refractivity contribution is 0.112. The molecule has 0 atom stereocenters. The molecule has 72 valence electrons. The van der Waals surface area contributed by atoms with Gasteiger partial charge in [0.25, 0.3) is 0 Å². The number of halogens is 1. The van der Waals surface area contributed by atoms with Crippen LogP contribution in [0, 0.1) is 0 Å². The number of carbonyl (C=O) groups is 1. The molecular formula is C10H8BrNOS. The Kier molecular flexibility index (Phi) is 2.56. The fraction of sp³-hybridized carbons (Fsp3) is 0.100. The Morgan fingerprint density at radius 3 is 2.93 bits per heavy atom. The van der Waals surface area contributed by atoms with Gasteiger partial charge in [-0.15, -0.1) is 11.3 Å². The van der Waals surface area contributed by atoms with E-state index in [1.54, 1.807) is 0 Å². The average Bonchev–Trinajstić information content (AvgIpc) is 2.56. The molecule has 0 spiro atoms. The first kappa shape index (κ1) is 9.68. The van der Waals surface area contributed by atoms with Crippen LogP contribution in [0.4, 0.5) is 5.00 Å². The van der Waals surface area contributed by atoms with Gasteiger partial charge in [-0.25, -0.2) is 0 Å². The van der Waals surface area contributed by atoms with Gasteiger partial charge >= 0.3 is 0 Å². The summed E-state index contributed by atoms with van der Waals surface area (Å²) in [6.45, 7) is 0. The van der Waals surface area contributed by atoms with Crippen molar-refractivity contribution in [3.63, 3.8) is 0 Å². The zero-order valence-electron chi connectivity index (χ0n) is 7.29. The monoisotopic (exact) mass is 269 g/mol. The molecule has 0 aliphatic carbocycles. The van der Waals surface area contributed by atoms with Gasteiger partial charge in [0.1, 0.15) is 0 Å². The third-order valence-electron chi connectivity index (χ3n) is 2.11. The molecule has 0 aliphatic heterocycles. The van der Waals surface area contributed by atoms with E-state index < -0.39 is 0 Å². The molecule has 2 aromatic rings. The number of fused-ring (bicyclic) bond motifs is 1. The quantitative estimate of drug-likeness (QED) is 0.672. The number of rotatable bonds is 2. The zero-order chi connectivity index (χ0) is 10.1. The van der Waals surface area contributed by atoms with Crippen molar-refractivity contribution in [1.29, 1.82) is 0 Å². The second kappa shape index (κ2) is 3.71. The molecule has 0 saturated heterocycles. The first-order chi connectivity index (χ1) is 6.76. The number of carbonyl (C=O) groups excluding carboxylic acids is 1. The number of alkyl halides is 1. The van der Waals surface area contributed by atoms with E-state index in [1.807, 2.05) is 18.2 Å². The zero-order valence-corrected chi connectivity index (χ0v) is 9.69. The summed E-state index contributed by atoms with van der Waals surface area (Å²) >= 11 is 4.86. The fourth-order valence-corrected chi connectivity index (χ4v) is 2.79. The number of thiophene rings is 1. The highest BCUT2D eigenvalue weighted by Gasteiger charge is 2.08. The number of hydrogen-bond donors (Lipinski definition) is 1. The van der Waals surface area contributed by atoms with E-state index in [0.717, 1.165) is 32.5 Å². The van der Waals surface area contributed by atoms with E-state index in [-0.39, 0.29) is 0 Å². The summed E-state index contributed by atoms with van der Waals surface area (Å²) in [4.78, 5) is 11.0. The molecule has 0 fully saturated rings. The molecule has 0 aliphatic rings. The van der Waals surface area contributed by atoms with Crippen molar-refractivity contribution >= 4 is 48.6 Å². The van der Waals surface area contributed by atoms with Gasteiger partial charge in [0, 0.05) is 21.0 Å². The van der Waals surface area contributed by atoms with Crippen LogP contribution in [0.5, 0.6) is 0 Å².